The zero-order valence-corrected chi connectivity index (χ0v) is 16.5. The Bertz CT molecular complexity index is 602. The zero-order valence-electron chi connectivity index (χ0n) is 13.3. The first-order valence-electron chi connectivity index (χ1n) is 7.41. The molecule has 0 unspecified atom stereocenters. The van der Waals surface area contributed by atoms with E-state index in [0.717, 1.165) is 39.5 Å². The monoisotopic (exact) mass is 417 g/mol. The predicted octanol–water partition coefficient (Wildman–Crippen LogP) is 5.85. The number of ether oxygens (including phenoxy) is 1. The molecule has 2 rings (SSSR count). The van der Waals surface area contributed by atoms with Crippen molar-refractivity contribution in [2.75, 3.05) is 6.54 Å². The third kappa shape index (κ3) is 7.13. The fourth-order valence-electron chi connectivity index (χ4n) is 2.06. The summed E-state index contributed by atoms with van der Waals surface area (Å²) in [5.41, 5.74) is 2.26. The third-order valence-corrected chi connectivity index (χ3v) is 3.94. The van der Waals surface area contributed by atoms with Crippen LogP contribution in [0.1, 0.15) is 25.0 Å². The molecule has 2 aromatic carbocycles. The van der Waals surface area contributed by atoms with Gasteiger partial charge in [0.15, 0.2) is 0 Å². The maximum atomic E-state index is 5.97. The molecule has 1 N–H and O–H groups in total. The fourth-order valence-corrected chi connectivity index (χ4v) is 2.60. The molecule has 0 aromatic heterocycles. The Kier molecular flexibility index (Phi) is 9.00. The lowest BCUT2D eigenvalue weighted by atomic mass is 10.1. The van der Waals surface area contributed by atoms with Gasteiger partial charge in [0, 0.05) is 21.6 Å². The van der Waals surface area contributed by atoms with Gasteiger partial charge in [-0.15, -0.1) is 12.4 Å². The Labute approximate surface area is 158 Å². The van der Waals surface area contributed by atoms with Crippen molar-refractivity contribution in [2.45, 2.75) is 27.0 Å². The number of benzene rings is 2. The van der Waals surface area contributed by atoms with Crippen LogP contribution in [0.2, 0.25) is 5.02 Å². The normalized spacial score (nSPS) is 10.5. The van der Waals surface area contributed by atoms with Crippen molar-refractivity contribution in [3.63, 3.8) is 0 Å². The fraction of sp³-hybridized carbons (Fsp3) is 0.333. The van der Waals surface area contributed by atoms with Crippen LogP contribution in [-0.4, -0.2) is 6.54 Å². The molecular formula is C18H22BrCl2NO. The smallest absolute Gasteiger partial charge is 0.124 e. The van der Waals surface area contributed by atoms with E-state index in [1.54, 1.807) is 0 Å². The van der Waals surface area contributed by atoms with Gasteiger partial charge in [0.1, 0.15) is 12.4 Å². The van der Waals surface area contributed by atoms with Crippen molar-refractivity contribution in [3.05, 3.63) is 63.1 Å². The van der Waals surface area contributed by atoms with E-state index < -0.39 is 0 Å². The third-order valence-electron chi connectivity index (χ3n) is 3.20. The van der Waals surface area contributed by atoms with Crippen LogP contribution >= 0.6 is 39.9 Å². The second-order valence-corrected chi connectivity index (χ2v) is 7.04. The van der Waals surface area contributed by atoms with E-state index in [4.69, 9.17) is 16.3 Å². The molecule has 0 aliphatic rings. The first-order chi connectivity index (χ1) is 10.5. The average Bonchev–Trinajstić information content (AvgIpc) is 2.48. The molecule has 0 bridgehead atoms. The van der Waals surface area contributed by atoms with Crippen LogP contribution in [0.3, 0.4) is 0 Å². The van der Waals surface area contributed by atoms with E-state index in [1.807, 2.05) is 36.4 Å². The number of nitrogens with one attached hydrogen (secondary N) is 1. The molecule has 2 nitrogen and oxygen atoms in total. The first-order valence-corrected chi connectivity index (χ1v) is 8.58. The second kappa shape index (κ2) is 10.2. The van der Waals surface area contributed by atoms with Gasteiger partial charge in [0.25, 0.3) is 0 Å². The Balaban J connectivity index is 0.00000264. The maximum absolute atomic E-state index is 5.97. The Morgan fingerprint density at radius 1 is 1.13 bits per heavy atom. The minimum Gasteiger partial charge on any atom is -0.489 e. The highest BCUT2D eigenvalue weighted by atomic mass is 79.9. The van der Waals surface area contributed by atoms with Gasteiger partial charge in [-0.1, -0.05) is 53.5 Å². The average molecular weight is 419 g/mol. The van der Waals surface area contributed by atoms with Crippen LogP contribution in [-0.2, 0) is 13.2 Å². The lowest BCUT2D eigenvalue weighted by molar-refractivity contribution is 0.302. The maximum Gasteiger partial charge on any atom is 0.124 e. The summed E-state index contributed by atoms with van der Waals surface area (Å²) in [6.07, 6.45) is 0. The number of hydrogen-bond donors (Lipinski definition) is 1. The lowest BCUT2D eigenvalue weighted by Crippen LogP contribution is -2.19. The first kappa shape index (κ1) is 20.3. The van der Waals surface area contributed by atoms with E-state index >= 15 is 0 Å². The molecule has 126 valence electrons. The Morgan fingerprint density at radius 3 is 2.48 bits per heavy atom. The van der Waals surface area contributed by atoms with E-state index in [1.165, 1.54) is 0 Å². The van der Waals surface area contributed by atoms with E-state index in [9.17, 15) is 0 Å². The van der Waals surface area contributed by atoms with Crippen molar-refractivity contribution in [1.82, 2.24) is 5.32 Å². The minimum absolute atomic E-state index is 0. The van der Waals surface area contributed by atoms with Crippen LogP contribution < -0.4 is 10.1 Å². The molecule has 0 saturated heterocycles. The van der Waals surface area contributed by atoms with Gasteiger partial charge in [0.2, 0.25) is 0 Å². The van der Waals surface area contributed by atoms with E-state index in [-0.39, 0.29) is 12.4 Å². The Morgan fingerprint density at radius 2 is 1.83 bits per heavy atom. The van der Waals surface area contributed by atoms with Crippen LogP contribution in [0.4, 0.5) is 0 Å². The number of hydrogen-bond acceptors (Lipinski definition) is 2. The van der Waals surface area contributed by atoms with Crippen molar-refractivity contribution >= 4 is 39.9 Å². The molecule has 0 fully saturated rings. The summed E-state index contributed by atoms with van der Waals surface area (Å²) in [7, 11) is 0. The molecule has 0 aliphatic carbocycles. The highest BCUT2D eigenvalue weighted by Gasteiger charge is 2.06. The summed E-state index contributed by atoms with van der Waals surface area (Å²) in [6, 6.07) is 13.8. The van der Waals surface area contributed by atoms with Gasteiger partial charge in [-0.25, -0.2) is 0 Å². The summed E-state index contributed by atoms with van der Waals surface area (Å²) in [5, 5.41) is 4.20. The van der Waals surface area contributed by atoms with Crippen LogP contribution in [0.15, 0.2) is 46.9 Å². The molecule has 23 heavy (non-hydrogen) atoms. The van der Waals surface area contributed by atoms with Gasteiger partial charge in [0.05, 0.1) is 0 Å². The molecule has 2 aromatic rings. The second-order valence-electron chi connectivity index (χ2n) is 5.69. The lowest BCUT2D eigenvalue weighted by Gasteiger charge is -2.14. The van der Waals surface area contributed by atoms with Crippen molar-refractivity contribution < 1.29 is 4.74 Å². The minimum atomic E-state index is 0. The zero-order chi connectivity index (χ0) is 15.9. The topological polar surface area (TPSA) is 21.3 Å². The van der Waals surface area contributed by atoms with Crippen molar-refractivity contribution in [1.29, 1.82) is 0 Å². The standard InChI is InChI=1S/C18H21BrClNO.ClH/c1-13(2)10-21-11-15-9-16(19)5-8-18(15)22-12-14-3-6-17(20)7-4-14;/h3-9,13,21H,10-12H2,1-2H3;1H. The molecule has 0 spiro atoms. The van der Waals surface area contributed by atoms with E-state index in [0.29, 0.717) is 12.5 Å². The molecule has 5 heteroatoms. The predicted molar refractivity (Wildman–Crippen MR) is 104 cm³/mol. The van der Waals surface area contributed by atoms with E-state index in [2.05, 4.69) is 41.2 Å². The summed E-state index contributed by atoms with van der Waals surface area (Å²) in [5.74, 6) is 1.54. The van der Waals surface area contributed by atoms with Crippen LogP contribution in [0.5, 0.6) is 5.75 Å². The van der Waals surface area contributed by atoms with Crippen LogP contribution in [0, 0.1) is 5.92 Å². The molecule has 0 saturated carbocycles. The van der Waals surface area contributed by atoms with Crippen molar-refractivity contribution in [3.8, 4) is 5.75 Å². The molecular weight excluding hydrogens is 397 g/mol. The summed E-state index contributed by atoms with van der Waals surface area (Å²) >= 11 is 9.42. The molecule has 0 atom stereocenters. The number of rotatable bonds is 7. The van der Waals surface area contributed by atoms with Crippen molar-refractivity contribution in [2.24, 2.45) is 5.92 Å². The molecule has 0 radical (unpaired) electrons. The van der Waals surface area contributed by atoms with Gasteiger partial charge in [-0.3, -0.25) is 0 Å². The van der Waals surface area contributed by atoms with Gasteiger partial charge < -0.3 is 10.1 Å². The number of halogens is 3. The van der Waals surface area contributed by atoms with Gasteiger partial charge in [-0.2, -0.15) is 0 Å². The SMILES string of the molecule is CC(C)CNCc1cc(Br)ccc1OCc1ccc(Cl)cc1.Cl. The highest BCUT2D eigenvalue weighted by Crippen LogP contribution is 2.24. The largest absolute Gasteiger partial charge is 0.489 e. The van der Waals surface area contributed by atoms with Crippen LogP contribution in [0.25, 0.3) is 0 Å². The molecule has 0 amide bonds. The molecule has 0 heterocycles. The summed E-state index contributed by atoms with van der Waals surface area (Å²) < 4.78 is 7.03. The van der Waals surface area contributed by atoms with Gasteiger partial charge >= 0.3 is 0 Å². The summed E-state index contributed by atoms with van der Waals surface area (Å²) in [4.78, 5) is 0. The highest BCUT2D eigenvalue weighted by molar-refractivity contribution is 9.10. The summed E-state index contributed by atoms with van der Waals surface area (Å²) in [6.45, 7) is 6.73. The Hall–Kier alpha value is -0.740. The van der Waals surface area contributed by atoms with Gasteiger partial charge in [-0.05, 0) is 48.4 Å². The molecule has 0 aliphatic heterocycles. The quantitative estimate of drug-likeness (QED) is 0.608.